The van der Waals surface area contributed by atoms with Gasteiger partial charge < -0.3 is 4.74 Å². The summed E-state index contributed by atoms with van der Waals surface area (Å²) >= 11 is 1.35. The van der Waals surface area contributed by atoms with Crippen molar-refractivity contribution < 1.29 is 13.9 Å². The Morgan fingerprint density at radius 1 is 1.20 bits per heavy atom. The zero-order chi connectivity index (χ0) is 21.3. The van der Waals surface area contributed by atoms with Gasteiger partial charge in [0, 0.05) is 18.0 Å². The molecule has 1 aromatic carbocycles. The monoisotopic (exact) mass is 424 g/mol. The highest BCUT2D eigenvalue weighted by atomic mass is 32.2. The van der Waals surface area contributed by atoms with Gasteiger partial charge in [0.05, 0.1) is 11.9 Å². The van der Waals surface area contributed by atoms with Crippen LogP contribution in [-0.4, -0.2) is 31.2 Å². The van der Waals surface area contributed by atoms with Gasteiger partial charge in [0.15, 0.2) is 10.9 Å². The zero-order valence-electron chi connectivity index (χ0n) is 16.2. The van der Waals surface area contributed by atoms with Gasteiger partial charge >= 0.3 is 5.97 Å². The molecule has 0 fully saturated rings. The number of carbonyl (C=O) groups excluding carboxylic acids is 1. The summed E-state index contributed by atoms with van der Waals surface area (Å²) in [6.45, 7) is 1.74. The normalized spacial score (nSPS) is 11.0. The topological polar surface area (TPSA) is 78.5 Å². The lowest BCUT2D eigenvalue weighted by Crippen LogP contribution is -2.17. The van der Waals surface area contributed by atoms with E-state index in [-0.39, 0.29) is 23.7 Å². The summed E-state index contributed by atoms with van der Waals surface area (Å²) < 4.78 is 21.7. The van der Waals surface area contributed by atoms with E-state index in [0.717, 1.165) is 5.56 Å². The standard InChI is InChI=1S/C21H17FN4O3S/c1-13-7-8-25-18(9-13)24-15(10-19(25)27)12-29-20(28)17-11-23-21(30-2)26(17)16-5-3-14(22)4-6-16/h3-11H,12H2,1-2H3. The summed E-state index contributed by atoms with van der Waals surface area (Å²) in [5, 5.41) is 0.561. The maximum Gasteiger partial charge on any atom is 0.357 e. The Morgan fingerprint density at radius 2 is 1.97 bits per heavy atom. The van der Waals surface area contributed by atoms with Gasteiger partial charge in [-0.15, -0.1) is 0 Å². The van der Waals surface area contributed by atoms with Crippen molar-refractivity contribution in [2.75, 3.05) is 6.26 Å². The molecule has 0 saturated carbocycles. The fourth-order valence-electron chi connectivity index (χ4n) is 3.00. The van der Waals surface area contributed by atoms with E-state index >= 15 is 0 Å². The molecule has 7 nitrogen and oxygen atoms in total. The van der Waals surface area contributed by atoms with E-state index in [1.165, 1.54) is 40.6 Å². The summed E-state index contributed by atoms with van der Waals surface area (Å²) in [6.07, 6.45) is 4.89. The third kappa shape index (κ3) is 3.84. The van der Waals surface area contributed by atoms with Gasteiger partial charge in [-0.1, -0.05) is 11.8 Å². The largest absolute Gasteiger partial charge is 0.454 e. The number of imidazole rings is 1. The van der Waals surface area contributed by atoms with E-state index in [9.17, 15) is 14.0 Å². The van der Waals surface area contributed by atoms with Crippen LogP contribution in [-0.2, 0) is 11.3 Å². The average Bonchev–Trinajstić information content (AvgIpc) is 3.16. The van der Waals surface area contributed by atoms with Crippen molar-refractivity contribution in [2.24, 2.45) is 0 Å². The molecule has 0 aliphatic carbocycles. The van der Waals surface area contributed by atoms with Crippen LogP contribution in [0, 0.1) is 12.7 Å². The number of carbonyl (C=O) groups is 1. The first-order valence-corrected chi connectivity index (χ1v) is 10.2. The molecular weight excluding hydrogens is 407 g/mol. The predicted octanol–water partition coefficient (Wildman–Crippen LogP) is 3.41. The molecule has 3 aromatic heterocycles. The Hall–Kier alpha value is -3.46. The van der Waals surface area contributed by atoms with Crippen LogP contribution >= 0.6 is 11.8 Å². The number of esters is 1. The van der Waals surface area contributed by atoms with Crippen LogP contribution in [0.25, 0.3) is 11.3 Å². The second-order valence-corrected chi connectivity index (χ2v) is 7.31. The molecule has 0 radical (unpaired) electrons. The molecule has 0 bridgehead atoms. The SMILES string of the molecule is CSc1ncc(C(=O)OCc2cc(=O)n3ccc(C)cc3n2)n1-c1ccc(F)cc1. The molecular formula is C21H17FN4O3S. The Balaban J connectivity index is 1.61. The molecule has 0 aliphatic heterocycles. The van der Waals surface area contributed by atoms with E-state index in [4.69, 9.17) is 4.74 Å². The van der Waals surface area contributed by atoms with Crippen LogP contribution in [0.2, 0.25) is 0 Å². The number of ether oxygens (including phenoxy) is 1. The number of nitrogens with zero attached hydrogens (tertiary/aromatic N) is 4. The van der Waals surface area contributed by atoms with Crippen LogP contribution in [0.4, 0.5) is 4.39 Å². The lowest BCUT2D eigenvalue weighted by molar-refractivity contribution is 0.0457. The van der Waals surface area contributed by atoms with Crippen molar-refractivity contribution in [2.45, 2.75) is 18.7 Å². The highest BCUT2D eigenvalue weighted by molar-refractivity contribution is 7.98. The summed E-state index contributed by atoms with van der Waals surface area (Å²) in [7, 11) is 0. The number of halogens is 1. The average molecular weight is 424 g/mol. The van der Waals surface area contributed by atoms with Crippen molar-refractivity contribution in [1.82, 2.24) is 18.9 Å². The minimum Gasteiger partial charge on any atom is -0.454 e. The van der Waals surface area contributed by atoms with E-state index in [1.54, 1.807) is 29.0 Å². The Morgan fingerprint density at radius 3 is 2.70 bits per heavy atom. The summed E-state index contributed by atoms with van der Waals surface area (Å²) in [6, 6.07) is 10.7. The van der Waals surface area contributed by atoms with Crippen LogP contribution < -0.4 is 5.56 Å². The fourth-order valence-corrected chi connectivity index (χ4v) is 3.55. The number of thioether (sulfide) groups is 1. The van der Waals surface area contributed by atoms with E-state index in [0.29, 0.717) is 22.2 Å². The number of benzene rings is 1. The van der Waals surface area contributed by atoms with Crippen molar-refractivity contribution >= 4 is 23.4 Å². The molecule has 0 spiro atoms. The van der Waals surface area contributed by atoms with Gasteiger partial charge in [0.1, 0.15) is 18.1 Å². The highest BCUT2D eigenvalue weighted by Crippen LogP contribution is 2.22. The molecule has 0 atom stereocenters. The second-order valence-electron chi connectivity index (χ2n) is 6.54. The van der Waals surface area contributed by atoms with Gasteiger partial charge in [-0.25, -0.2) is 19.2 Å². The summed E-state index contributed by atoms with van der Waals surface area (Å²) in [4.78, 5) is 33.6. The number of rotatable bonds is 5. The third-order valence-corrected chi connectivity index (χ3v) is 5.09. The maximum atomic E-state index is 13.3. The number of aromatic nitrogens is 4. The molecule has 0 N–H and O–H groups in total. The van der Waals surface area contributed by atoms with Crippen molar-refractivity contribution in [3.8, 4) is 5.69 Å². The molecule has 9 heteroatoms. The van der Waals surface area contributed by atoms with Gasteiger partial charge in [0.25, 0.3) is 5.56 Å². The Kier molecular flexibility index (Phi) is 5.37. The molecule has 152 valence electrons. The smallest absolute Gasteiger partial charge is 0.357 e. The van der Waals surface area contributed by atoms with E-state index in [1.807, 2.05) is 19.2 Å². The van der Waals surface area contributed by atoms with Gasteiger partial charge in [0.2, 0.25) is 0 Å². The number of hydrogen-bond donors (Lipinski definition) is 0. The van der Waals surface area contributed by atoms with Gasteiger partial charge in [-0.2, -0.15) is 0 Å². The van der Waals surface area contributed by atoms with Crippen molar-refractivity contribution in [3.05, 3.63) is 88.0 Å². The Bertz CT molecular complexity index is 1300. The molecule has 3 heterocycles. The van der Waals surface area contributed by atoms with Crippen LogP contribution in [0.15, 0.2) is 64.8 Å². The lowest BCUT2D eigenvalue weighted by atomic mass is 10.3. The van der Waals surface area contributed by atoms with Crippen LogP contribution in [0.3, 0.4) is 0 Å². The predicted molar refractivity (Wildman–Crippen MR) is 111 cm³/mol. The molecule has 4 aromatic rings. The van der Waals surface area contributed by atoms with Crippen LogP contribution in [0.1, 0.15) is 21.7 Å². The lowest BCUT2D eigenvalue weighted by Gasteiger charge is -2.11. The van der Waals surface area contributed by atoms with Crippen LogP contribution in [0.5, 0.6) is 0 Å². The highest BCUT2D eigenvalue weighted by Gasteiger charge is 2.19. The quantitative estimate of drug-likeness (QED) is 0.361. The van der Waals surface area contributed by atoms with Gasteiger partial charge in [-0.05, 0) is 55.1 Å². The summed E-state index contributed by atoms with van der Waals surface area (Å²) in [5.74, 6) is -1.00. The first-order chi connectivity index (χ1) is 14.5. The maximum absolute atomic E-state index is 13.3. The number of hydrogen-bond acceptors (Lipinski definition) is 6. The second kappa shape index (κ2) is 8.11. The number of fused-ring (bicyclic) bond motifs is 1. The van der Waals surface area contributed by atoms with Crippen molar-refractivity contribution in [1.29, 1.82) is 0 Å². The zero-order valence-corrected chi connectivity index (χ0v) is 17.0. The molecule has 0 unspecified atom stereocenters. The van der Waals surface area contributed by atoms with Gasteiger partial charge in [-0.3, -0.25) is 13.8 Å². The fraction of sp³-hybridized carbons (Fsp3) is 0.143. The molecule has 0 amide bonds. The van der Waals surface area contributed by atoms with Crippen molar-refractivity contribution in [3.63, 3.8) is 0 Å². The number of pyridine rings is 1. The minimum atomic E-state index is -0.627. The first kappa shape index (κ1) is 19.8. The third-order valence-electron chi connectivity index (χ3n) is 4.43. The first-order valence-electron chi connectivity index (χ1n) is 9.00. The van der Waals surface area contributed by atoms with E-state index < -0.39 is 5.97 Å². The molecule has 30 heavy (non-hydrogen) atoms. The molecule has 0 aliphatic rings. The number of aryl methyl sites for hydroxylation is 1. The summed E-state index contributed by atoms with van der Waals surface area (Å²) in [5.41, 5.74) is 2.31. The minimum absolute atomic E-state index is 0.165. The van der Waals surface area contributed by atoms with E-state index in [2.05, 4.69) is 9.97 Å². The molecule has 4 rings (SSSR count). The molecule has 0 saturated heterocycles. The Labute approximate surface area is 175 Å².